The molecule has 0 N–H and O–H groups in total. The topological polar surface area (TPSA) is 78.9 Å². The highest BCUT2D eigenvalue weighted by Crippen LogP contribution is 2.19. The van der Waals surface area contributed by atoms with E-state index in [-0.39, 0.29) is 31.1 Å². The summed E-state index contributed by atoms with van der Waals surface area (Å²) in [6, 6.07) is 0. The van der Waals surface area contributed by atoms with E-state index in [1.54, 1.807) is 0 Å². The first-order valence-electron chi connectivity index (χ1n) is 34.7. The van der Waals surface area contributed by atoms with Crippen LogP contribution in [0.25, 0.3) is 0 Å². The van der Waals surface area contributed by atoms with Crippen LogP contribution >= 0.6 is 0 Å². The Morgan fingerprint density at radius 1 is 0.250 bits per heavy atom. The van der Waals surface area contributed by atoms with Crippen molar-refractivity contribution in [2.45, 2.75) is 406 Å². The minimum Gasteiger partial charge on any atom is -0.462 e. The van der Waals surface area contributed by atoms with E-state index < -0.39 is 6.10 Å². The van der Waals surface area contributed by atoms with E-state index in [9.17, 15) is 14.4 Å². The van der Waals surface area contributed by atoms with Gasteiger partial charge in [0.05, 0.1) is 0 Å². The fourth-order valence-electron chi connectivity index (χ4n) is 10.8. The molecular weight excluding hydrogens is 937 g/mol. The normalized spacial score (nSPS) is 12.0. The number of rotatable bonds is 65. The first-order chi connectivity index (χ1) is 37.5. The molecule has 0 saturated heterocycles. The Morgan fingerprint density at radius 3 is 0.697 bits per heavy atom. The molecule has 76 heavy (non-hydrogen) atoms. The third kappa shape index (κ3) is 63.0. The Hall–Kier alpha value is -1.85. The lowest BCUT2D eigenvalue weighted by Gasteiger charge is -2.18. The number of carbonyl (C=O) groups is 3. The van der Waals surface area contributed by atoms with Crippen LogP contribution in [0.15, 0.2) is 12.2 Å². The molecule has 0 aliphatic heterocycles. The van der Waals surface area contributed by atoms with Crippen LogP contribution in [0.1, 0.15) is 400 Å². The van der Waals surface area contributed by atoms with E-state index in [4.69, 9.17) is 14.2 Å². The summed E-state index contributed by atoms with van der Waals surface area (Å²) >= 11 is 0. The molecule has 6 nitrogen and oxygen atoms in total. The molecule has 0 rings (SSSR count). The highest BCUT2D eigenvalue weighted by molar-refractivity contribution is 5.71. The van der Waals surface area contributed by atoms with Gasteiger partial charge in [0.1, 0.15) is 13.2 Å². The quantitative estimate of drug-likeness (QED) is 0.0261. The van der Waals surface area contributed by atoms with Crippen molar-refractivity contribution in [1.29, 1.82) is 0 Å². The summed E-state index contributed by atoms with van der Waals surface area (Å²) in [6.07, 6.45) is 78.2. The van der Waals surface area contributed by atoms with Crippen molar-refractivity contribution in [3.8, 4) is 0 Å². The van der Waals surface area contributed by atoms with Crippen molar-refractivity contribution in [2.75, 3.05) is 13.2 Å². The molecule has 1 atom stereocenters. The first-order valence-corrected chi connectivity index (χ1v) is 34.7. The Kier molecular flexibility index (Phi) is 64.1. The molecule has 0 aliphatic carbocycles. The number of hydrogen-bond acceptors (Lipinski definition) is 6. The van der Waals surface area contributed by atoms with Gasteiger partial charge in [-0.2, -0.15) is 0 Å². The Labute approximate surface area is 475 Å². The molecule has 0 spiro atoms. The van der Waals surface area contributed by atoms with Gasteiger partial charge in [0.2, 0.25) is 0 Å². The van der Waals surface area contributed by atoms with Crippen molar-refractivity contribution >= 4 is 17.9 Å². The SMILES string of the molecule is CCCC/C=C\CCCCCCCC(=O)OCC(COC(=O)CCCCCCCCCCCCCCCCCCCCCCCCCCC)OC(=O)CCCCCCCCCCCCCCCCCCCCCCCC. The lowest BCUT2D eigenvalue weighted by molar-refractivity contribution is -0.167. The molecule has 6 heteroatoms. The summed E-state index contributed by atoms with van der Waals surface area (Å²) in [5.74, 6) is -0.843. The van der Waals surface area contributed by atoms with Gasteiger partial charge in [-0.25, -0.2) is 0 Å². The number of unbranched alkanes of at least 4 members (excludes halogenated alkanes) is 52. The Bertz CT molecular complexity index is 1180. The average molecular weight is 1070 g/mol. The Morgan fingerprint density at radius 2 is 0.447 bits per heavy atom. The van der Waals surface area contributed by atoms with Crippen molar-refractivity contribution in [1.82, 2.24) is 0 Å². The fraction of sp³-hybridized carbons (Fsp3) is 0.929. The van der Waals surface area contributed by atoms with Gasteiger partial charge >= 0.3 is 17.9 Å². The van der Waals surface area contributed by atoms with E-state index in [1.807, 2.05) is 0 Å². The van der Waals surface area contributed by atoms with Gasteiger partial charge in [-0.1, -0.05) is 354 Å². The second kappa shape index (κ2) is 65.7. The van der Waals surface area contributed by atoms with Crippen LogP contribution in [0.4, 0.5) is 0 Å². The largest absolute Gasteiger partial charge is 0.462 e. The maximum absolute atomic E-state index is 12.9. The number of allylic oxidation sites excluding steroid dienone is 2. The second-order valence-corrected chi connectivity index (χ2v) is 23.8. The number of ether oxygens (including phenoxy) is 3. The maximum atomic E-state index is 12.9. The molecule has 0 radical (unpaired) electrons. The lowest BCUT2D eigenvalue weighted by atomic mass is 10.0. The van der Waals surface area contributed by atoms with Gasteiger partial charge in [-0.05, 0) is 38.5 Å². The van der Waals surface area contributed by atoms with Gasteiger partial charge in [-0.3, -0.25) is 14.4 Å². The molecule has 0 saturated carbocycles. The molecule has 0 aliphatic rings. The van der Waals surface area contributed by atoms with Crippen LogP contribution in [0, 0.1) is 0 Å². The number of hydrogen-bond donors (Lipinski definition) is 0. The molecule has 0 amide bonds. The first kappa shape index (κ1) is 74.2. The molecule has 0 aromatic heterocycles. The van der Waals surface area contributed by atoms with E-state index in [1.165, 1.54) is 295 Å². The average Bonchev–Trinajstić information content (AvgIpc) is 3.42. The molecule has 0 bridgehead atoms. The second-order valence-electron chi connectivity index (χ2n) is 23.8. The van der Waals surface area contributed by atoms with Crippen molar-refractivity contribution in [3.63, 3.8) is 0 Å². The minimum atomic E-state index is -0.769. The zero-order valence-electron chi connectivity index (χ0n) is 51.8. The van der Waals surface area contributed by atoms with Crippen LogP contribution < -0.4 is 0 Å². The van der Waals surface area contributed by atoms with Gasteiger partial charge in [-0.15, -0.1) is 0 Å². The summed E-state index contributed by atoms with van der Waals surface area (Å²) in [6.45, 7) is 6.68. The molecule has 0 aromatic carbocycles. The highest BCUT2D eigenvalue weighted by atomic mass is 16.6. The molecular formula is C70H134O6. The van der Waals surface area contributed by atoms with Crippen molar-refractivity contribution in [2.24, 2.45) is 0 Å². The summed E-state index contributed by atoms with van der Waals surface area (Å²) in [7, 11) is 0. The zero-order valence-corrected chi connectivity index (χ0v) is 51.8. The van der Waals surface area contributed by atoms with Crippen LogP contribution in [0.2, 0.25) is 0 Å². The monoisotopic (exact) mass is 1070 g/mol. The summed E-state index contributed by atoms with van der Waals surface area (Å²) in [5.41, 5.74) is 0. The maximum Gasteiger partial charge on any atom is 0.306 e. The predicted molar refractivity (Wildman–Crippen MR) is 330 cm³/mol. The van der Waals surface area contributed by atoms with Crippen LogP contribution in [-0.2, 0) is 28.6 Å². The molecule has 450 valence electrons. The Balaban J connectivity index is 4.15. The minimum absolute atomic E-state index is 0.0659. The van der Waals surface area contributed by atoms with Crippen molar-refractivity contribution < 1.29 is 28.6 Å². The standard InChI is InChI=1S/C70H134O6/c1-4-7-10-13-16-19-22-24-26-28-30-32-34-35-36-38-39-41-43-45-48-51-54-57-60-63-69(72)75-66-67(65-74-68(71)62-59-56-53-50-47-21-18-15-12-9-6-3)76-70(73)64-61-58-55-52-49-46-44-42-40-37-33-31-29-27-25-23-20-17-14-11-8-5-2/h15,18,67H,4-14,16-17,19-66H2,1-3H3/b18-15-. The predicted octanol–water partition coefficient (Wildman–Crippen LogP) is 23.6. The highest BCUT2D eigenvalue weighted by Gasteiger charge is 2.19. The lowest BCUT2D eigenvalue weighted by Crippen LogP contribution is -2.30. The summed E-state index contributed by atoms with van der Waals surface area (Å²) < 4.78 is 17.0. The van der Waals surface area contributed by atoms with Gasteiger partial charge in [0.25, 0.3) is 0 Å². The van der Waals surface area contributed by atoms with E-state index in [0.29, 0.717) is 19.3 Å². The molecule has 0 fully saturated rings. The van der Waals surface area contributed by atoms with Crippen LogP contribution in [0.5, 0.6) is 0 Å². The van der Waals surface area contributed by atoms with Crippen LogP contribution in [-0.4, -0.2) is 37.2 Å². The van der Waals surface area contributed by atoms with Gasteiger partial charge in [0, 0.05) is 19.3 Å². The number of carbonyl (C=O) groups excluding carboxylic acids is 3. The van der Waals surface area contributed by atoms with Crippen molar-refractivity contribution in [3.05, 3.63) is 12.2 Å². The van der Waals surface area contributed by atoms with Gasteiger partial charge < -0.3 is 14.2 Å². The molecule has 1 unspecified atom stereocenters. The van der Waals surface area contributed by atoms with Crippen LogP contribution in [0.3, 0.4) is 0 Å². The summed E-state index contributed by atoms with van der Waals surface area (Å²) in [5, 5.41) is 0. The molecule has 0 aromatic rings. The fourth-order valence-corrected chi connectivity index (χ4v) is 10.8. The van der Waals surface area contributed by atoms with Gasteiger partial charge in [0.15, 0.2) is 6.10 Å². The van der Waals surface area contributed by atoms with E-state index in [0.717, 1.165) is 64.2 Å². The number of esters is 3. The van der Waals surface area contributed by atoms with E-state index in [2.05, 4.69) is 32.9 Å². The smallest absolute Gasteiger partial charge is 0.306 e. The summed E-state index contributed by atoms with van der Waals surface area (Å²) in [4.78, 5) is 38.3. The third-order valence-electron chi connectivity index (χ3n) is 16.0. The van der Waals surface area contributed by atoms with E-state index >= 15 is 0 Å². The molecule has 0 heterocycles. The zero-order chi connectivity index (χ0) is 55.0. The third-order valence-corrected chi connectivity index (χ3v) is 16.0.